The van der Waals surface area contributed by atoms with Crippen LogP contribution in [0.4, 0.5) is 5.00 Å². The summed E-state index contributed by atoms with van der Waals surface area (Å²) in [5.74, 6) is -2.78. The Labute approximate surface area is 168 Å². The van der Waals surface area contributed by atoms with E-state index in [1.807, 2.05) is 19.9 Å². The highest BCUT2D eigenvalue weighted by Gasteiger charge is 2.35. The number of hydrogen-bond donors (Lipinski definition) is 2. The van der Waals surface area contributed by atoms with Gasteiger partial charge in [0.05, 0.1) is 30.6 Å². The van der Waals surface area contributed by atoms with E-state index in [1.54, 1.807) is 11.0 Å². The highest BCUT2D eigenvalue weighted by atomic mass is 32.1. The zero-order chi connectivity index (χ0) is 20.3. The van der Waals surface area contributed by atoms with Crippen LogP contribution in [0.1, 0.15) is 40.6 Å². The lowest BCUT2D eigenvalue weighted by atomic mass is 9.82. The van der Waals surface area contributed by atoms with Crippen molar-refractivity contribution in [3.63, 3.8) is 0 Å². The van der Waals surface area contributed by atoms with Crippen molar-refractivity contribution >= 4 is 34.1 Å². The van der Waals surface area contributed by atoms with Crippen molar-refractivity contribution in [3.8, 4) is 0 Å². The van der Waals surface area contributed by atoms with E-state index >= 15 is 0 Å². The second-order valence-corrected chi connectivity index (χ2v) is 8.31. The molecule has 1 saturated heterocycles. The number of carbonyl (C=O) groups is 3. The van der Waals surface area contributed by atoms with Gasteiger partial charge in [-0.25, -0.2) is 0 Å². The van der Waals surface area contributed by atoms with Gasteiger partial charge in [-0.15, -0.1) is 11.3 Å². The molecule has 28 heavy (non-hydrogen) atoms. The minimum absolute atomic E-state index is 0.0990. The summed E-state index contributed by atoms with van der Waals surface area (Å²) in [4.78, 5) is 40.3. The van der Waals surface area contributed by atoms with Gasteiger partial charge in [-0.05, 0) is 31.7 Å². The molecule has 1 aromatic heterocycles. The van der Waals surface area contributed by atoms with E-state index in [-0.39, 0.29) is 11.8 Å². The minimum atomic E-state index is -0.967. The number of amides is 2. The van der Waals surface area contributed by atoms with Crippen LogP contribution in [-0.2, 0) is 20.7 Å². The first-order chi connectivity index (χ1) is 13.4. The Morgan fingerprint density at radius 1 is 1.21 bits per heavy atom. The third-order valence-electron chi connectivity index (χ3n) is 5.40. The predicted molar refractivity (Wildman–Crippen MR) is 107 cm³/mol. The molecule has 0 radical (unpaired) electrons. The van der Waals surface area contributed by atoms with Gasteiger partial charge in [0.1, 0.15) is 5.00 Å². The molecule has 2 heterocycles. The Bertz CT molecular complexity index is 795. The van der Waals surface area contributed by atoms with Gasteiger partial charge in [0.2, 0.25) is 5.91 Å². The SMILES string of the molecule is CCc1c(C)sc(NC(=O)C2CC=CCC2C(=O)O)c1C(=O)N1CCOCC1. The molecule has 0 aromatic carbocycles. The number of anilines is 1. The molecule has 7 nitrogen and oxygen atoms in total. The monoisotopic (exact) mass is 406 g/mol. The first-order valence-electron chi connectivity index (χ1n) is 9.62. The van der Waals surface area contributed by atoms with Crippen molar-refractivity contribution in [3.05, 3.63) is 28.2 Å². The molecule has 2 amide bonds. The molecule has 0 spiro atoms. The topological polar surface area (TPSA) is 95.9 Å². The van der Waals surface area contributed by atoms with E-state index < -0.39 is 17.8 Å². The lowest BCUT2D eigenvalue weighted by Crippen LogP contribution is -2.41. The zero-order valence-corrected chi connectivity index (χ0v) is 17.0. The second-order valence-electron chi connectivity index (χ2n) is 7.08. The fourth-order valence-electron chi connectivity index (χ4n) is 3.82. The normalized spacial score (nSPS) is 22.1. The molecule has 1 aromatic rings. The summed E-state index contributed by atoms with van der Waals surface area (Å²) in [5.41, 5.74) is 1.48. The predicted octanol–water partition coefficient (Wildman–Crippen LogP) is 2.70. The highest BCUT2D eigenvalue weighted by Crippen LogP contribution is 2.36. The number of thiophene rings is 1. The number of nitrogens with zero attached hydrogens (tertiary/aromatic N) is 1. The van der Waals surface area contributed by atoms with Crippen molar-refractivity contribution in [2.24, 2.45) is 11.8 Å². The van der Waals surface area contributed by atoms with E-state index in [9.17, 15) is 19.5 Å². The van der Waals surface area contributed by atoms with Gasteiger partial charge < -0.3 is 20.1 Å². The van der Waals surface area contributed by atoms with Crippen LogP contribution < -0.4 is 5.32 Å². The van der Waals surface area contributed by atoms with E-state index in [2.05, 4.69) is 5.32 Å². The van der Waals surface area contributed by atoms with Crippen molar-refractivity contribution in [1.82, 2.24) is 4.90 Å². The van der Waals surface area contributed by atoms with Crippen LogP contribution in [0.3, 0.4) is 0 Å². The lowest BCUT2D eigenvalue weighted by Gasteiger charge is -2.28. The van der Waals surface area contributed by atoms with E-state index in [4.69, 9.17) is 4.74 Å². The molecule has 2 N–H and O–H groups in total. The molecule has 2 atom stereocenters. The summed E-state index contributed by atoms with van der Waals surface area (Å²) in [5, 5.41) is 12.8. The Morgan fingerprint density at radius 2 is 1.86 bits per heavy atom. The fourth-order valence-corrected chi connectivity index (χ4v) is 4.96. The van der Waals surface area contributed by atoms with Gasteiger partial charge in [0.15, 0.2) is 0 Å². The van der Waals surface area contributed by atoms with Crippen molar-refractivity contribution in [1.29, 1.82) is 0 Å². The Morgan fingerprint density at radius 3 is 2.46 bits per heavy atom. The van der Waals surface area contributed by atoms with Crippen LogP contribution in [0.15, 0.2) is 12.2 Å². The fraction of sp³-hybridized carbons (Fsp3) is 0.550. The van der Waals surface area contributed by atoms with E-state index in [1.165, 1.54) is 11.3 Å². The molecule has 8 heteroatoms. The number of aliphatic carboxylic acids is 1. The van der Waals surface area contributed by atoms with E-state index in [0.29, 0.717) is 56.1 Å². The zero-order valence-electron chi connectivity index (χ0n) is 16.2. The van der Waals surface area contributed by atoms with Gasteiger partial charge in [-0.3, -0.25) is 14.4 Å². The maximum absolute atomic E-state index is 13.2. The summed E-state index contributed by atoms with van der Waals surface area (Å²) in [7, 11) is 0. The largest absolute Gasteiger partial charge is 0.481 e. The van der Waals surface area contributed by atoms with Crippen LogP contribution >= 0.6 is 11.3 Å². The number of rotatable bonds is 5. The third-order valence-corrected chi connectivity index (χ3v) is 6.46. The van der Waals surface area contributed by atoms with Crippen LogP contribution in [-0.4, -0.2) is 54.1 Å². The van der Waals surface area contributed by atoms with Crippen molar-refractivity contribution in [2.75, 3.05) is 31.6 Å². The van der Waals surface area contributed by atoms with Crippen molar-refractivity contribution in [2.45, 2.75) is 33.1 Å². The Hall–Kier alpha value is -2.19. The number of morpholine rings is 1. The Kier molecular flexibility index (Phi) is 6.51. The lowest BCUT2D eigenvalue weighted by molar-refractivity contribution is -0.146. The number of carbonyl (C=O) groups excluding carboxylic acids is 2. The van der Waals surface area contributed by atoms with Gasteiger partial charge in [0.25, 0.3) is 5.91 Å². The van der Waals surface area contributed by atoms with Crippen LogP contribution in [0.2, 0.25) is 0 Å². The average Bonchev–Trinajstić information content (AvgIpc) is 3.02. The first-order valence-corrected chi connectivity index (χ1v) is 10.4. The summed E-state index contributed by atoms with van der Waals surface area (Å²) in [6.45, 7) is 6.00. The van der Waals surface area contributed by atoms with Gasteiger partial charge in [0, 0.05) is 18.0 Å². The first kappa shape index (κ1) is 20.5. The molecule has 2 aliphatic rings. The smallest absolute Gasteiger partial charge is 0.307 e. The maximum atomic E-state index is 13.2. The van der Waals surface area contributed by atoms with Crippen LogP contribution in [0.5, 0.6) is 0 Å². The molecular formula is C20H26N2O5S. The number of hydrogen-bond acceptors (Lipinski definition) is 5. The molecule has 0 saturated carbocycles. The molecule has 2 unspecified atom stereocenters. The van der Waals surface area contributed by atoms with E-state index in [0.717, 1.165) is 10.4 Å². The molecule has 0 bridgehead atoms. The summed E-state index contributed by atoms with van der Waals surface area (Å²) in [6, 6.07) is 0. The average molecular weight is 407 g/mol. The van der Waals surface area contributed by atoms with Gasteiger partial charge in [-0.1, -0.05) is 19.1 Å². The van der Waals surface area contributed by atoms with Crippen molar-refractivity contribution < 1.29 is 24.2 Å². The number of nitrogens with one attached hydrogen (secondary N) is 1. The minimum Gasteiger partial charge on any atom is -0.481 e. The quantitative estimate of drug-likeness (QED) is 0.733. The second kappa shape index (κ2) is 8.87. The van der Waals surface area contributed by atoms with Crippen LogP contribution in [0.25, 0.3) is 0 Å². The standard InChI is InChI=1S/C20H26N2O5S/c1-3-13-12(2)28-18(16(13)19(24)22-8-10-27-11-9-22)21-17(23)14-6-4-5-7-15(14)20(25)26/h4-5,14-15H,3,6-11H2,1-2H3,(H,21,23)(H,25,26). The van der Waals surface area contributed by atoms with Gasteiger partial charge >= 0.3 is 5.97 Å². The number of carboxylic acids is 1. The number of aryl methyl sites for hydroxylation is 1. The molecule has 1 aliphatic carbocycles. The summed E-state index contributed by atoms with van der Waals surface area (Å²) < 4.78 is 5.33. The van der Waals surface area contributed by atoms with Gasteiger partial charge in [-0.2, -0.15) is 0 Å². The third kappa shape index (κ3) is 4.12. The summed E-state index contributed by atoms with van der Waals surface area (Å²) in [6.07, 6.45) is 5.08. The molecule has 1 fully saturated rings. The Balaban J connectivity index is 1.87. The molecule has 152 valence electrons. The summed E-state index contributed by atoms with van der Waals surface area (Å²) >= 11 is 1.38. The number of carboxylic acid groups (broad SMARTS) is 1. The number of ether oxygens (including phenoxy) is 1. The molecular weight excluding hydrogens is 380 g/mol. The molecule has 3 rings (SSSR count). The van der Waals surface area contributed by atoms with Crippen LogP contribution in [0, 0.1) is 18.8 Å². The molecule has 1 aliphatic heterocycles. The number of allylic oxidation sites excluding steroid dienone is 2. The maximum Gasteiger partial charge on any atom is 0.307 e. The highest BCUT2D eigenvalue weighted by molar-refractivity contribution is 7.16.